The number of hydrogen-bond donors (Lipinski definition) is 0. The van der Waals surface area contributed by atoms with Gasteiger partial charge in [0.2, 0.25) is 0 Å². The third kappa shape index (κ3) is 2.78. The second-order valence-electron chi connectivity index (χ2n) is 2.59. The van der Waals surface area contributed by atoms with E-state index < -0.39 is 0 Å². The van der Waals surface area contributed by atoms with E-state index in [0.29, 0.717) is 12.1 Å². The minimum absolute atomic E-state index is 0.443. The highest BCUT2D eigenvalue weighted by Crippen LogP contribution is 1.99. The summed E-state index contributed by atoms with van der Waals surface area (Å²) in [6.45, 7) is 7.25. The number of amidine groups is 1. The Labute approximate surface area is 69.1 Å². The maximum absolute atomic E-state index is 5.09. The summed E-state index contributed by atoms with van der Waals surface area (Å²) in [5.41, 5.74) is 0. The fourth-order valence-corrected chi connectivity index (χ4v) is 1.06. The normalized spacial score (nSPS) is 12.0. The van der Waals surface area contributed by atoms with Crippen LogP contribution in [0.4, 0.5) is 0 Å². The molecular weight excluding hydrogens is 140 g/mol. The fraction of sp³-hybridized carbons (Fsp3) is 0.875. The van der Waals surface area contributed by atoms with Crippen molar-refractivity contribution in [2.75, 3.05) is 20.7 Å². The van der Waals surface area contributed by atoms with Gasteiger partial charge in [-0.25, -0.2) is 4.99 Å². The van der Waals surface area contributed by atoms with Gasteiger partial charge in [0.1, 0.15) is 0 Å². The zero-order valence-corrected chi connectivity index (χ0v) is 8.09. The number of methoxy groups -OCH3 is 1. The summed E-state index contributed by atoms with van der Waals surface area (Å²) in [5.74, 6) is 0. The van der Waals surface area contributed by atoms with E-state index in [1.165, 1.54) is 0 Å². The maximum Gasteiger partial charge on any atom is 0.286 e. The van der Waals surface area contributed by atoms with Gasteiger partial charge in [-0.3, -0.25) is 0 Å². The predicted octanol–water partition coefficient (Wildman–Crippen LogP) is 1.35. The van der Waals surface area contributed by atoms with E-state index in [4.69, 9.17) is 4.74 Å². The smallest absolute Gasteiger partial charge is 0.286 e. The zero-order valence-electron chi connectivity index (χ0n) is 8.09. The minimum Gasteiger partial charge on any atom is -0.468 e. The summed E-state index contributed by atoms with van der Waals surface area (Å²) in [4.78, 5) is 6.12. The average molecular weight is 158 g/mol. The predicted molar refractivity (Wildman–Crippen MR) is 47.9 cm³/mol. The summed E-state index contributed by atoms with van der Waals surface area (Å²) >= 11 is 0. The molecular formula is C8H18N2O. The molecule has 0 saturated carbocycles. The highest BCUT2D eigenvalue weighted by Gasteiger charge is 2.11. The molecule has 0 fully saturated rings. The summed E-state index contributed by atoms with van der Waals surface area (Å²) in [5, 5.41) is 0. The van der Waals surface area contributed by atoms with Crippen LogP contribution in [0.5, 0.6) is 0 Å². The molecule has 0 aromatic heterocycles. The molecule has 0 saturated heterocycles. The molecule has 0 atom stereocenters. The molecule has 0 aromatic carbocycles. The lowest BCUT2D eigenvalue weighted by Gasteiger charge is -2.26. The molecule has 0 rings (SSSR count). The van der Waals surface area contributed by atoms with Gasteiger partial charge in [-0.05, 0) is 20.8 Å². The van der Waals surface area contributed by atoms with Crippen LogP contribution in [0, 0.1) is 0 Å². The van der Waals surface area contributed by atoms with Gasteiger partial charge in [0, 0.05) is 19.6 Å². The van der Waals surface area contributed by atoms with Gasteiger partial charge in [0.15, 0.2) is 0 Å². The maximum atomic E-state index is 5.09. The summed E-state index contributed by atoms with van der Waals surface area (Å²) in [6, 6.07) is 1.15. The van der Waals surface area contributed by atoms with Crippen molar-refractivity contribution in [3.8, 4) is 0 Å². The van der Waals surface area contributed by atoms with Crippen LogP contribution in [-0.2, 0) is 4.74 Å². The molecule has 0 aliphatic heterocycles. The van der Waals surface area contributed by atoms with E-state index in [0.717, 1.165) is 6.54 Å². The van der Waals surface area contributed by atoms with Gasteiger partial charge in [0.05, 0.1) is 7.11 Å². The molecule has 0 aliphatic rings. The van der Waals surface area contributed by atoms with Crippen LogP contribution in [0.1, 0.15) is 20.8 Å². The third-order valence-corrected chi connectivity index (χ3v) is 1.58. The number of rotatable bonds is 2. The second-order valence-corrected chi connectivity index (χ2v) is 2.59. The monoisotopic (exact) mass is 158 g/mol. The van der Waals surface area contributed by atoms with Gasteiger partial charge in [0.25, 0.3) is 6.02 Å². The van der Waals surface area contributed by atoms with Crippen LogP contribution in [0.2, 0.25) is 0 Å². The number of nitrogens with zero attached hydrogens (tertiary/aromatic N) is 2. The summed E-state index contributed by atoms with van der Waals surface area (Å²) in [6.07, 6.45) is 0. The molecule has 3 nitrogen and oxygen atoms in total. The molecule has 0 spiro atoms. The van der Waals surface area contributed by atoms with Crippen molar-refractivity contribution in [1.29, 1.82) is 0 Å². The Hall–Kier alpha value is -0.730. The van der Waals surface area contributed by atoms with E-state index in [9.17, 15) is 0 Å². The molecule has 11 heavy (non-hydrogen) atoms. The Balaban J connectivity index is 4.22. The van der Waals surface area contributed by atoms with Gasteiger partial charge < -0.3 is 9.64 Å². The highest BCUT2D eigenvalue weighted by atomic mass is 16.5. The van der Waals surface area contributed by atoms with E-state index in [2.05, 4.69) is 30.7 Å². The zero-order chi connectivity index (χ0) is 8.85. The first-order valence-corrected chi connectivity index (χ1v) is 3.94. The number of aliphatic imine (C=N–C) groups is 1. The molecule has 0 unspecified atom stereocenters. The van der Waals surface area contributed by atoms with Crippen molar-refractivity contribution in [1.82, 2.24) is 4.90 Å². The van der Waals surface area contributed by atoms with Gasteiger partial charge >= 0.3 is 0 Å². The van der Waals surface area contributed by atoms with Crippen LogP contribution in [-0.4, -0.2) is 37.7 Å². The van der Waals surface area contributed by atoms with Gasteiger partial charge in [-0.2, -0.15) is 0 Å². The molecule has 0 aromatic rings. The lowest BCUT2D eigenvalue weighted by Crippen LogP contribution is -2.37. The second kappa shape index (κ2) is 4.99. The Bertz CT molecular complexity index is 132. The Morgan fingerprint density at radius 3 is 2.18 bits per heavy atom. The van der Waals surface area contributed by atoms with Crippen LogP contribution in [0.3, 0.4) is 0 Å². The number of ether oxygens (including phenoxy) is 1. The van der Waals surface area contributed by atoms with Crippen molar-refractivity contribution in [2.45, 2.75) is 26.8 Å². The molecule has 0 radical (unpaired) electrons. The Morgan fingerprint density at radius 1 is 1.55 bits per heavy atom. The SMILES string of the molecule is CCN(C(=NC)OC)C(C)C. The highest BCUT2D eigenvalue weighted by molar-refractivity contribution is 5.73. The van der Waals surface area contributed by atoms with E-state index in [-0.39, 0.29) is 0 Å². The summed E-state index contributed by atoms with van der Waals surface area (Å²) < 4.78 is 5.09. The lowest BCUT2D eigenvalue weighted by molar-refractivity contribution is 0.256. The van der Waals surface area contributed by atoms with Gasteiger partial charge in [-0.15, -0.1) is 0 Å². The molecule has 66 valence electrons. The van der Waals surface area contributed by atoms with Crippen molar-refractivity contribution in [3.63, 3.8) is 0 Å². The summed E-state index contributed by atoms with van der Waals surface area (Å²) in [7, 11) is 3.39. The first-order valence-electron chi connectivity index (χ1n) is 3.94. The van der Waals surface area contributed by atoms with Crippen LogP contribution >= 0.6 is 0 Å². The quantitative estimate of drug-likeness (QED) is 0.447. The van der Waals surface area contributed by atoms with Crippen LogP contribution in [0.15, 0.2) is 4.99 Å². The molecule has 0 heterocycles. The van der Waals surface area contributed by atoms with E-state index in [1.54, 1.807) is 14.2 Å². The molecule has 0 amide bonds. The molecule has 3 heteroatoms. The van der Waals surface area contributed by atoms with Crippen molar-refractivity contribution in [3.05, 3.63) is 0 Å². The van der Waals surface area contributed by atoms with Crippen molar-refractivity contribution >= 4 is 6.02 Å². The van der Waals surface area contributed by atoms with Crippen molar-refractivity contribution < 1.29 is 4.74 Å². The van der Waals surface area contributed by atoms with Gasteiger partial charge in [-0.1, -0.05) is 0 Å². The standard InChI is InChI=1S/C8H18N2O/c1-6-10(7(2)3)8(9-4)11-5/h7H,6H2,1-5H3. The topological polar surface area (TPSA) is 24.8 Å². The van der Waals surface area contributed by atoms with Crippen molar-refractivity contribution in [2.24, 2.45) is 4.99 Å². The van der Waals surface area contributed by atoms with E-state index >= 15 is 0 Å². The minimum atomic E-state index is 0.443. The third-order valence-electron chi connectivity index (χ3n) is 1.58. The Kier molecular flexibility index (Phi) is 4.66. The lowest BCUT2D eigenvalue weighted by atomic mass is 10.3. The largest absolute Gasteiger partial charge is 0.468 e. The van der Waals surface area contributed by atoms with E-state index in [1.807, 2.05) is 0 Å². The first-order chi connectivity index (χ1) is 5.17. The molecule has 0 bridgehead atoms. The molecule has 0 aliphatic carbocycles. The Morgan fingerprint density at radius 2 is 2.09 bits per heavy atom. The number of hydrogen-bond acceptors (Lipinski definition) is 2. The average Bonchev–Trinajstić information content (AvgIpc) is 1.99. The fourth-order valence-electron chi connectivity index (χ4n) is 1.06. The molecule has 0 N–H and O–H groups in total. The van der Waals surface area contributed by atoms with Crippen LogP contribution in [0.25, 0.3) is 0 Å². The van der Waals surface area contributed by atoms with Crippen LogP contribution < -0.4 is 0 Å². The first kappa shape index (κ1) is 10.3.